The van der Waals surface area contributed by atoms with Crippen molar-refractivity contribution in [1.82, 2.24) is 15.1 Å². The van der Waals surface area contributed by atoms with Gasteiger partial charge in [-0.1, -0.05) is 0 Å². The van der Waals surface area contributed by atoms with Gasteiger partial charge in [0.15, 0.2) is 0 Å². The molecule has 4 nitrogen and oxygen atoms in total. The topological polar surface area (TPSA) is 46.9 Å². The van der Waals surface area contributed by atoms with E-state index in [1.54, 1.807) is 0 Å². The maximum absolute atomic E-state index is 11.3. The Kier molecular flexibility index (Phi) is 2.73. The summed E-state index contributed by atoms with van der Waals surface area (Å²) in [5.41, 5.74) is 0.109. The Labute approximate surface area is 109 Å². The van der Waals surface area contributed by atoms with Crippen LogP contribution in [0.2, 0.25) is 0 Å². The Morgan fingerprint density at radius 3 is 2.71 bits per heavy atom. The van der Waals surface area contributed by atoms with Crippen LogP contribution in [-0.4, -0.2) is 21.2 Å². The molecule has 2 aliphatic rings. The molecule has 0 aromatic carbocycles. The van der Waals surface area contributed by atoms with Crippen molar-refractivity contribution in [3.8, 4) is 0 Å². The third-order valence-corrected chi connectivity index (χ3v) is 4.50. The molecule has 1 spiro atoms. The fourth-order valence-corrected chi connectivity index (χ4v) is 3.38. The molecule has 0 unspecified atom stereocenters. The fraction of sp³-hybridized carbons (Fsp3) is 0.667. The molecule has 17 heavy (non-hydrogen) atoms. The van der Waals surface area contributed by atoms with E-state index in [2.05, 4.69) is 26.3 Å². The van der Waals surface area contributed by atoms with Gasteiger partial charge in [-0.3, -0.25) is 9.48 Å². The molecule has 0 atom stereocenters. The fourth-order valence-electron chi connectivity index (χ4n) is 3.08. The lowest BCUT2D eigenvalue weighted by Crippen LogP contribution is -2.44. The molecular formula is C12H16BrN3O. The first-order valence-corrected chi connectivity index (χ1v) is 6.97. The summed E-state index contributed by atoms with van der Waals surface area (Å²) in [5.74, 6) is 0.227. The predicted octanol–water partition coefficient (Wildman–Crippen LogP) is 2.41. The van der Waals surface area contributed by atoms with Gasteiger partial charge in [0.05, 0.1) is 16.7 Å². The van der Waals surface area contributed by atoms with Crippen LogP contribution in [0, 0.1) is 0 Å². The minimum atomic E-state index is 0.109. The number of halogens is 1. The molecular weight excluding hydrogens is 282 g/mol. The number of aromatic nitrogens is 2. The van der Waals surface area contributed by atoms with E-state index in [1.807, 2.05) is 17.1 Å². The highest BCUT2D eigenvalue weighted by Crippen LogP contribution is 2.39. The number of nitrogens with zero attached hydrogens (tertiary/aromatic N) is 2. The molecule has 1 saturated heterocycles. The molecule has 1 N–H and O–H groups in total. The minimum Gasteiger partial charge on any atom is -0.351 e. The van der Waals surface area contributed by atoms with E-state index in [9.17, 15) is 4.79 Å². The monoisotopic (exact) mass is 297 g/mol. The molecule has 2 fully saturated rings. The van der Waals surface area contributed by atoms with E-state index < -0.39 is 0 Å². The first kappa shape index (κ1) is 11.3. The lowest BCUT2D eigenvalue weighted by atomic mass is 9.78. The second-order valence-corrected chi connectivity index (χ2v) is 6.11. The second-order valence-electron chi connectivity index (χ2n) is 5.20. The van der Waals surface area contributed by atoms with Gasteiger partial charge in [0.1, 0.15) is 0 Å². The minimum absolute atomic E-state index is 0.109. The Morgan fingerprint density at radius 1 is 1.41 bits per heavy atom. The van der Waals surface area contributed by atoms with Gasteiger partial charge in [-0.2, -0.15) is 5.10 Å². The van der Waals surface area contributed by atoms with Gasteiger partial charge < -0.3 is 5.32 Å². The number of hydrogen-bond donors (Lipinski definition) is 1. The Morgan fingerprint density at radius 2 is 2.18 bits per heavy atom. The van der Waals surface area contributed by atoms with Crippen LogP contribution < -0.4 is 5.32 Å². The van der Waals surface area contributed by atoms with Crippen LogP contribution in [-0.2, 0) is 4.79 Å². The van der Waals surface area contributed by atoms with Crippen LogP contribution in [0.4, 0.5) is 0 Å². The van der Waals surface area contributed by atoms with Crippen molar-refractivity contribution in [2.75, 3.05) is 0 Å². The summed E-state index contributed by atoms with van der Waals surface area (Å²) < 4.78 is 3.08. The van der Waals surface area contributed by atoms with Gasteiger partial charge in [0.2, 0.25) is 5.91 Å². The number of carbonyl (C=O) groups excluding carboxylic acids is 1. The van der Waals surface area contributed by atoms with Crippen LogP contribution in [0.3, 0.4) is 0 Å². The zero-order valence-electron chi connectivity index (χ0n) is 9.66. The normalized spacial score (nSPS) is 33.0. The number of hydrogen-bond acceptors (Lipinski definition) is 2. The van der Waals surface area contributed by atoms with Crippen molar-refractivity contribution in [2.24, 2.45) is 0 Å². The summed E-state index contributed by atoms with van der Waals surface area (Å²) in [6.07, 6.45) is 9.97. The maximum Gasteiger partial charge on any atom is 0.220 e. The van der Waals surface area contributed by atoms with E-state index in [0.29, 0.717) is 12.5 Å². The van der Waals surface area contributed by atoms with E-state index in [-0.39, 0.29) is 11.4 Å². The average molecular weight is 298 g/mol. The van der Waals surface area contributed by atoms with Gasteiger partial charge >= 0.3 is 0 Å². The van der Waals surface area contributed by atoms with Crippen molar-refractivity contribution in [2.45, 2.75) is 50.1 Å². The van der Waals surface area contributed by atoms with E-state index in [0.717, 1.165) is 36.6 Å². The van der Waals surface area contributed by atoms with E-state index in [1.165, 1.54) is 0 Å². The number of rotatable bonds is 1. The van der Waals surface area contributed by atoms with Crippen LogP contribution in [0.1, 0.15) is 44.6 Å². The van der Waals surface area contributed by atoms with Crippen LogP contribution >= 0.6 is 15.9 Å². The second kappa shape index (κ2) is 4.12. The molecule has 1 aromatic rings. The van der Waals surface area contributed by atoms with Crippen LogP contribution in [0.15, 0.2) is 16.9 Å². The van der Waals surface area contributed by atoms with Crippen molar-refractivity contribution in [1.29, 1.82) is 0 Å². The Bertz CT molecular complexity index is 435. The summed E-state index contributed by atoms with van der Waals surface area (Å²) in [6, 6.07) is 0.490. The maximum atomic E-state index is 11.3. The quantitative estimate of drug-likeness (QED) is 0.865. The zero-order valence-corrected chi connectivity index (χ0v) is 11.2. The summed E-state index contributed by atoms with van der Waals surface area (Å²) in [7, 11) is 0. The van der Waals surface area contributed by atoms with Crippen LogP contribution in [0.25, 0.3) is 0 Å². The SMILES string of the molecule is O=C1CCC2(CCC(n3cc(Br)cn3)CC2)N1. The molecule has 92 valence electrons. The molecule has 1 aromatic heterocycles. The first-order chi connectivity index (χ1) is 8.17. The highest BCUT2D eigenvalue weighted by Gasteiger charge is 2.40. The van der Waals surface area contributed by atoms with Gasteiger partial charge in [0.25, 0.3) is 0 Å². The highest BCUT2D eigenvalue weighted by atomic mass is 79.9. The van der Waals surface area contributed by atoms with Gasteiger partial charge in [-0.15, -0.1) is 0 Å². The number of amides is 1. The average Bonchev–Trinajstić information content (AvgIpc) is 2.88. The third-order valence-electron chi connectivity index (χ3n) is 4.09. The van der Waals surface area contributed by atoms with Gasteiger partial charge in [-0.05, 0) is 48.0 Å². The molecule has 0 radical (unpaired) electrons. The molecule has 3 rings (SSSR count). The van der Waals surface area contributed by atoms with Crippen molar-refractivity contribution >= 4 is 21.8 Å². The van der Waals surface area contributed by atoms with Crippen molar-refractivity contribution in [3.63, 3.8) is 0 Å². The predicted molar refractivity (Wildman–Crippen MR) is 67.5 cm³/mol. The summed E-state index contributed by atoms with van der Waals surface area (Å²) in [6.45, 7) is 0. The zero-order chi connectivity index (χ0) is 11.9. The van der Waals surface area contributed by atoms with E-state index >= 15 is 0 Å². The smallest absolute Gasteiger partial charge is 0.220 e. The lowest BCUT2D eigenvalue weighted by molar-refractivity contribution is -0.120. The van der Waals surface area contributed by atoms with Crippen molar-refractivity contribution in [3.05, 3.63) is 16.9 Å². The van der Waals surface area contributed by atoms with Gasteiger partial charge in [-0.25, -0.2) is 0 Å². The van der Waals surface area contributed by atoms with Gasteiger partial charge in [0, 0.05) is 18.2 Å². The number of nitrogens with one attached hydrogen (secondary N) is 1. The first-order valence-electron chi connectivity index (χ1n) is 6.18. The molecule has 1 aliphatic carbocycles. The standard InChI is InChI=1S/C12H16BrN3O/c13-9-7-14-16(8-9)10-1-4-12(5-2-10)6-3-11(17)15-12/h7-8,10H,1-6H2,(H,15,17). The van der Waals surface area contributed by atoms with Crippen LogP contribution in [0.5, 0.6) is 0 Å². The Hall–Kier alpha value is -0.840. The largest absolute Gasteiger partial charge is 0.351 e. The molecule has 1 aliphatic heterocycles. The van der Waals surface area contributed by atoms with E-state index in [4.69, 9.17) is 0 Å². The molecule has 5 heteroatoms. The molecule has 0 bridgehead atoms. The lowest BCUT2D eigenvalue weighted by Gasteiger charge is -2.37. The highest BCUT2D eigenvalue weighted by molar-refractivity contribution is 9.10. The Balaban J connectivity index is 1.66. The third kappa shape index (κ3) is 2.12. The molecule has 1 amide bonds. The summed E-state index contributed by atoms with van der Waals surface area (Å²) in [4.78, 5) is 11.3. The van der Waals surface area contributed by atoms with Crippen molar-refractivity contribution < 1.29 is 4.79 Å². The summed E-state index contributed by atoms with van der Waals surface area (Å²) >= 11 is 3.43. The summed E-state index contributed by atoms with van der Waals surface area (Å²) in [5, 5.41) is 7.52. The number of carbonyl (C=O) groups is 1. The molecule has 2 heterocycles. The molecule has 1 saturated carbocycles.